The Morgan fingerprint density at radius 3 is 0.773 bits per heavy atom. The van der Waals surface area contributed by atoms with Gasteiger partial charge in [-0.05, 0) is 18.8 Å². The second kappa shape index (κ2) is 20.1. The van der Waals surface area contributed by atoms with E-state index in [-0.39, 0.29) is 16.5 Å². The summed E-state index contributed by atoms with van der Waals surface area (Å²) in [6.07, 6.45) is 5.68. The van der Waals surface area contributed by atoms with Crippen molar-refractivity contribution < 1.29 is 16.5 Å². The number of thiocarbonyl (C=S) groups is 3. The van der Waals surface area contributed by atoms with Crippen LogP contribution in [0.4, 0.5) is 0 Å². The average molecular weight is 467 g/mol. The molecule has 0 aliphatic carbocycles. The van der Waals surface area contributed by atoms with Gasteiger partial charge in [0.15, 0.2) is 0 Å². The second-order valence-corrected chi connectivity index (χ2v) is 7.56. The fraction of sp³-hybridized carbons (Fsp3) is 0.667. The molecule has 13 heteroatoms. The monoisotopic (exact) mass is 466 g/mol. The molecular formula is C9H24N6NiS6+3. The maximum absolute atomic E-state index is 5.22. The summed E-state index contributed by atoms with van der Waals surface area (Å²) in [6, 6.07) is 0. The number of hydrogen-bond acceptors (Lipinski definition) is 9. The van der Waals surface area contributed by atoms with Gasteiger partial charge in [0.05, 0.1) is 0 Å². The topological polar surface area (TPSA) is 87.8 Å². The van der Waals surface area contributed by atoms with E-state index < -0.39 is 0 Å². The molecule has 22 heavy (non-hydrogen) atoms. The fourth-order valence-electron chi connectivity index (χ4n) is 0.432. The summed E-state index contributed by atoms with van der Waals surface area (Å²) in [5, 5.41) is 4.25. The maximum Gasteiger partial charge on any atom is 3.00 e. The van der Waals surface area contributed by atoms with E-state index in [9.17, 15) is 0 Å². The Balaban J connectivity index is -0.000000108. The summed E-state index contributed by atoms with van der Waals surface area (Å²) in [7, 11) is 5.16. The maximum atomic E-state index is 5.22. The third-order valence-corrected chi connectivity index (χ3v) is 5.66. The van der Waals surface area contributed by atoms with Gasteiger partial charge in [0.1, 0.15) is 13.0 Å². The van der Waals surface area contributed by atoms with Gasteiger partial charge in [-0.2, -0.15) is 0 Å². The summed E-state index contributed by atoms with van der Waals surface area (Å²) >= 11 is 18.6. The van der Waals surface area contributed by atoms with Crippen LogP contribution in [0.5, 0.6) is 0 Å². The van der Waals surface area contributed by atoms with E-state index in [4.69, 9.17) is 54.2 Å². The molecule has 0 aliphatic rings. The van der Waals surface area contributed by atoms with Crippen molar-refractivity contribution in [1.82, 2.24) is 15.0 Å². The van der Waals surface area contributed by atoms with Gasteiger partial charge in [0.25, 0.3) is 0 Å². The van der Waals surface area contributed by atoms with Gasteiger partial charge < -0.3 is 0 Å². The molecule has 0 bridgehead atoms. The molecule has 0 unspecified atom stereocenters. The number of hydrazine groups is 3. The predicted octanol–water partition coefficient (Wildman–Crippen LogP) is 1.32. The molecule has 0 fully saturated rings. The molecule has 0 amide bonds. The Hall–Kier alpha value is 1.09. The van der Waals surface area contributed by atoms with Gasteiger partial charge in [0, 0.05) is 21.1 Å². The van der Waals surface area contributed by atoms with Crippen LogP contribution < -0.4 is 17.5 Å². The third-order valence-electron chi connectivity index (χ3n) is 1.39. The van der Waals surface area contributed by atoms with Crippen LogP contribution in [0.15, 0.2) is 0 Å². The molecule has 6 N–H and O–H groups in total. The zero-order chi connectivity index (χ0) is 17.6. The van der Waals surface area contributed by atoms with Crippen molar-refractivity contribution in [3.05, 3.63) is 0 Å². The smallest absolute Gasteiger partial charge is 0.299 e. The molecule has 0 aromatic rings. The van der Waals surface area contributed by atoms with Gasteiger partial charge in [-0.25, -0.2) is 17.5 Å². The van der Waals surface area contributed by atoms with Crippen LogP contribution in [0.1, 0.15) is 0 Å². The largest absolute Gasteiger partial charge is 3.00 e. The summed E-state index contributed by atoms with van der Waals surface area (Å²) in [6.45, 7) is 0. The molecule has 0 saturated heterocycles. The molecule has 0 saturated carbocycles. The van der Waals surface area contributed by atoms with Crippen LogP contribution in [0.25, 0.3) is 0 Å². The molecule has 133 valence electrons. The number of rotatable bonds is 0. The molecule has 0 aromatic heterocycles. The average Bonchev–Trinajstić information content (AvgIpc) is 2.45. The Kier molecular flexibility index (Phi) is 28.3. The van der Waals surface area contributed by atoms with Gasteiger partial charge in [0.2, 0.25) is 0 Å². The van der Waals surface area contributed by atoms with Gasteiger partial charge in [-0.15, -0.1) is 0 Å². The normalized spacial score (nSPS) is 8.05. The van der Waals surface area contributed by atoms with Crippen molar-refractivity contribution in [2.45, 2.75) is 0 Å². The van der Waals surface area contributed by atoms with Gasteiger partial charge in [-0.3, -0.25) is 15.0 Å². The van der Waals surface area contributed by atoms with Crippen molar-refractivity contribution in [3.63, 3.8) is 0 Å². The van der Waals surface area contributed by atoms with Crippen LogP contribution in [-0.2, 0) is 16.5 Å². The first-order chi connectivity index (χ1) is 9.54. The van der Waals surface area contributed by atoms with Gasteiger partial charge in [-0.1, -0.05) is 71.9 Å². The predicted molar refractivity (Wildman–Crippen MR) is 114 cm³/mol. The minimum absolute atomic E-state index is 0. The molecule has 0 heterocycles. The summed E-state index contributed by atoms with van der Waals surface area (Å²) in [5.74, 6) is 15.7. The Morgan fingerprint density at radius 2 is 0.773 bits per heavy atom. The first-order valence-corrected chi connectivity index (χ1v) is 10.1. The molecule has 0 aliphatic heterocycles. The van der Waals surface area contributed by atoms with Crippen molar-refractivity contribution in [2.75, 3.05) is 39.9 Å². The second-order valence-electron chi connectivity index (χ2n) is 3.24. The summed E-state index contributed by atoms with van der Waals surface area (Å²) < 4.78 is 2.13. The third kappa shape index (κ3) is 23.4. The van der Waals surface area contributed by atoms with E-state index in [1.54, 1.807) is 21.1 Å². The molecule has 0 rings (SSSR count). The Morgan fingerprint density at radius 1 is 0.636 bits per heavy atom. The molecule has 0 atom stereocenters. The minimum atomic E-state index is 0. The van der Waals surface area contributed by atoms with E-state index >= 15 is 0 Å². The zero-order valence-corrected chi connectivity index (χ0v) is 19.2. The van der Waals surface area contributed by atoms with Crippen LogP contribution in [-0.4, -0.2) is 67.9 Å². The molecule has 1 radical (unpaired) electrons. The van der Waals surface area contributed by atoms with E-state index in [1.165, 1.54) is 50.3 Å². The molecule has 6 nitrogen and oxygen atoms in total. The Bertz CT molecular complexity index is 267. The van der Waals surface area contributed by atoms with Crippen LogP contribution in [0, 0.1) is 0 Å². The van der Waals surface area contributed by atoms with Crippen LogP contribution >= 0.6 is 71.9 Å². The standard InChI is InChI=1S/3C3H8N2S2.Ni/c3*1-5(4)3(6)7-2;/h3*4H2,1-2H3;/q;;;+3. The van der Waals surface area contributed by atoms with Crippen molar-refractivity contribution in [3.8, 4) is 0 Å². The van der Waals surface area contributed by atoms with E-state index in [0.717, 1.165) is 0 Å². The zero-order valence-electron chi connectivity index (χ0n) is 13.3. The Labute approximate surface area is 172 Å². The van der Waals surface area contributed by atoms with Crippen LogP contribution in [0.3, 0.4) is 0 Å². The quantitative estimate of drug-likeness (QED) is 0.208. The number of thioether (sulfide) groups is 3. The van der Waals surface area contributed by atoms with E-state index in [1.807, 2.05) is 18.8 Å². The van der Waals surface area contributed by atoms with E-state index in [0.29, 0.717) is 13.0 Å². The first-order valence-electron chi connectivity index (χ1n) is 5.24. The van der Waals surface area contributed by atoms with Crippen molar-refractivity contribution in [2.24, 2.45) is 17.5 Å². The fourth-order valence-corrected chi connectivity index (χ4v) is 1.30. The number of hydrogen-bond donors (Lipinski definition) is 3. The van der Waals surface area contributed by atoms with Crippen LogP contribution in [0.2, 0.25) is 0 Å². The number of nitrogens with zero attached hydrogens (tertiary/aromatic N) is 3. The SMILES string of the molecule is CSC(=S)N(C)N.CSC(=S)N(C)N.CSC(=S)N(C)N.[Ni+3]. The summed E-state index contributed by atoms with van der Waals surface area (Å²) in [5.41, 5.74) is 0. The van der Waals surface area contributed by atoms with Crippen molar-refractivity contribution >= 4 is 84.9 Å². The first kappa shape index (κ1) is 30.9. The molecule has 0 spiro atoms. The van der Waals surface area contributed by atoms with Crippen molar-refractivity contribution in [1.29, 1.82) is 0 Å². The van der Waals surface area contributed by atoms with Gasteiger partial charge >= 0.3 is 16.5 Å². The molecule has 0 aromatic carbocycles. The summed E-state index contributed by atoms with van der Waals surface area (Å²) in [4.78, 5) is 0. The molecular weight excluding hydrogens is 443 g/mol. The minimum Gasteiger partial charge on any atom is -0.299 e. The number of nitrogens with two attached hydrogens (primary N) is 3. The van der Waals surface area contributed by atoms with E-state index in [2.05, 4.69) is 0 Å².